The normalized spacial score (nSPS) is 16.1. The van der Waals surface area contributed by atoms with Gasteiger partial charge >= 0.3 is 0 Å². The number of sulfonamides is 1. The van der Waals surface area contributed by atoms with Crippen molar-refractivity contribution in [2.45, 2.75) is 11.3 Å². The van der Waals surface area contributed by atoms with Gasteiger partial charge in [-0.25, -0.2) is 8.42 Å². The van der Waals surface area contributed by atoms with E-state index < -0.39 is 10.0 Å². The van der Waals surface area contributed by atoms with Crippen molar-refractivity contribution in [3.8, 4) is 11.5 Å². The van der Waals surface area contributed by atoms with Gasteiger partial charge in [0.2, 0.25) is 10.0 Å². The molecule has 0 N–H and O–H groups in total. The van der Waals surface area contributed by atoms with E-state index in [2.05, 4.69) is 4.90 Å². The van der Waals surface area contributed by atoms with Gasteiger partial charge in [0.15, 0.2) is 0 Å². The van der Waals surface area contributed by atoms with Crippen LogP contribution in [0.3, 0.4) is 0 Å². The Hall–Kier alpha value is -1.80. The summed E-state index contributed by atoms with van der Waals surface area (Å²) in [5.74, 6) is 1.62. The Kier molecular flexibility index (Phi) is 7.18. The first-order chi connectivity index (χ1) is 13.5. The highest BCUT2D eigenvalue weighted by Crippen LogP contribution is 2.20. The van der Waals surface area contributed by atoms with E-state index in [4.69, 9.17) is 21.1 Å². The molecule has 28 heavy (non-hydrogen) atoms. The zero-order chi connectivity index (χ0) is 20.0. The predicted octanol–water partition coefficient (Wildman–Crippen LogP) is 3.12. The molecule has 1 heterocycles. The van der Waals surface area contributed by atoms with Crippen LogP contribution in [0, 0.1) is 0 Å². The van der Waals surface area contributed by atoms with Gasteiger partial charge < -0.3 is 14.4 Å². The Labute approximate surface area is 171 Å². The Balaban J connectivity index is 1.40. The lowest BCUT2D eigenvalue weighted by molar-refractivity contribution is 0.174. The van der Waals surface area contributed by atoms with E-state index in [-0.39, 0.29) is 0 Å². The van der Waals surface area contributed by atoms with Gasteiger partial charge in [0, 0.05) is 37.7 Å². The van der Waals surface area contributed by atoms with Crippen molar-refractivity contribution in [2.24, 2.45) is 0 Å². The first kappa shape index (κ1) is 20.9. The fourth-order valence-electron chi connectivity index (χ4n) is 3.10. The largest absolute Gasteiger partial charge is 0.497 e. The summed E-state index contributed by atoms with van der Waals surface area (Å²) < 4.78 is 37.8. The second-order valence-corrected chi connectivity index (χ2v) is 8.95. The van der Waals surface area contributed by atoms with Crippen LogP contribution in [-0.2, 0) is 10.0 Å². The van der Waals surface area contributed by atoms with E-state index in [1.807, 2.05) is 24.3 Å². The molecule has 1 aliphatic heterocycles. The van der Waals surface area contributed by atoms with Gasteiger partial charge in [0.1, 0.15) is 11.5 Å². The zero-order valence-corrected chi connectivity index (χ0v) is 17.5. The van der Waals surface area contributed by atoms with Gasteiger partial charge in [-0.05, 0) is 55.0 Å². The summed E-state index contributed by atoms with van der Waals surface area (Å²) in [6.45, 7) is 3.92. The van der Waals surface area contributed by atoms with Gasteiger partial charge in [-0.1, -0.05) is 11.6 Å². The molecule has 0 radical (unpaired) electrons. The average Bonchev–Trinajstić information content (AvgIpc) is 2.72. The van der Waals surface area contributed by atoms with E-state index in [1.54, 1.807) is 35.7 Å². The molecule has 2 aromatic rings. The van der Waals surface area contributed by atoms with E-state index in [0.717, 1.165) is 37.6 Å². The predicted molar refractivity (Wildman–Crippen MR) is 110 cm³/mol. The van der Waals surface area contributed by atoms with Crippen molar-refractivity contribution >= 4 is 21.6 Å². The van der Waals surface area contributed by atoms with Crippen LogP contribution in [0.25, 0.3) is 0 Å². The number of halogens is 1. The summed E-state index contributed by atoms with van der Waals surface area (Å²) >= 11 is 5.85. The van der Waals surface area contributed by atoms with E-state index in [1.165, 1.54) is 0 Å². The van der Waals surface area contributed by atoms with Crippen molar-refractivity contribution in [3.63, 3.8) is 0 Å². The summed E-state index contributed by atoms with van der Waals surface area (Å²) in [5, 5.41) is 0.528. The standard InChI is InChI=1S/C20H25ClN2O4S/c1-26-18-5-7-19(8-6-18)27-16-2-11-22-12-14-23(15-13-22)28(24,25)20-9-3-17(21)4-10-20/h3-10H,2,11-16H2,1H3. The molecular weight excluding hydrogens is 400 g/mol. The van der Waals surface area contributed by atoms with E-state index >= 15 is 0 Å². The number of rotatable bonds is 8. The van der Waals surface area contributed by atoms with Gasteiger partial charge in [-0.2, -0.15) is 4.31 Å². The maximum absolute atomic E-state index is 12.7. The van der Waals surface area contributed by atoms with Crippen LogP contribution < -0.4 is 9.47 Å². The second-order valence-electron chi connectivity index (χ2n) is 6.58. The zero-order valence-electron chi connectivity index (χ0n) is 15.9. The fraction of sp³-hybridized carbons (Fsp3) is 0.400. The maximum atomic E-state index is 12.7. The first-order valence-electron chi connectivity index (χ1n) is 9.24. The number of ether oxygens (including phenoxy) is 2. The second kappa shape index (κ2) is 9.60. The lowest BCUT2D eigenvalue weighted by Gasteiger charge is -2.33. The molecular formula is C20H25ClN2O4S. The highest BCUT2D eigenvalue weighted by molar-refractivity contribution is 7.89. The lowest BCUT2D eigenvalue weighted by atomic mass is 10.3. The molecule has 0 spiro atoms. The number of hydrogen-bond acceptors (Lipinski definition) is 5. The van der Waals surface area contributed by atoms with Crippen LogP contribution in [0.15, 0.2) is 53.4 Å². The summed E-state index contributed by atoms with van der Waals surface area (Å²) in [5.41, 5.74) is 0. The maximum Gasteiger partial charge on any atom is 0.243 e. The molecule has 3 rings (SSSR count). The molecule has 0 saturated carbocycles. The fourth-order valence-corrected chi connectivity index (χ4v) is 4.65. The summed E-state index contributed by atoms with van der Waals surface area (Å²) in [6.07, 6.45) is 0.885. The van der Waals surface area contributed by atoms with Crippen molar-refractivity contribution in [2.75, 3.05) is 46.4 Å². The minimum atomic E-state index is -3.46. The minimum absolute atomic E-state index is 0.290. The van der Waals surface area contributed by atoms with E-state index in [0.29, 0.717) is 29.6 Å². The number of hydrogen-bond donors (Lipinski definition) is 0. The topological polar surface area (TPSA) is 59.1 Å². The number of piperazine rings is 1. The van der Waals surface area contributed by atoms with Crippen LogP contribution in [-0.4, -0.2) is 64.1 Å². The molecule has 2 aromatic carbocycles. The summed E-state index contributed by atoms with van der Waals surface area (Å²) in [6, 6.07) is 13.8. The molecule has 0 aliphatic carbocycles. The van der Waals surface area contributed by atoms with Gasteiger partial charge in [0.05, 0.1) is 18.6 Å². The monoisotopic (exact) mass is 424 g/mol. The Morgan fingerprint density at radius 2 is 1.54 bits per heavy atom. The van der Waals surface area contributed by atoms with Crippen molar-refractivity contribution < 1.29 is 17.9 Å². The third-order valence-electron chi connectivity index (χ3n) is 4.73. The van der Waals surface area contributed by atoms with Crippen LogP contribution >= 0.6 is 11.6 Å². The summed E-state index contributed by atoms with van der Waals surface area (Å²) in [4.78, 5) is 2.56. The number of nitrogens with zero attached hydrogens (tertiary/aromatic N) is 2. The first-order valence-corrected chi connectivity index (χ1v) is 11.1. The molecule has 1 aliphatic rings. The van der Waals surface area contributed by atoms with Crippen molar-refractivity contribution in [1.82, 2.24) is 9.21 Å². The smallest absolute Gasteiger partial charge is 0.243 e. The van der Waals surface area contributed by atoms with Gasteiger partial charge in [-0.3, -0.25) is 0 Å². The molecule has 8 heteroatoms. The lowest BCUT2D eigenvalue weighted by Crippen LogP contribution is -2.48. The third kappa shape index (κ3) is 5.38. The van der Waals surface area contributed by atoms with Crippen molar-refractivity contribution in [1.29, 1.82) is 0 Å². The Bertz CT molecular complexity index is 849. The average molecular weight is 425 g/mol. The van der Waals surface area contributed by atoms with Crippen LogP contribution in [0.4, 0.5) is 0 Å². The molecule has 1 fully saturated rings. The van der Waals surface area contributed by atoms with Crippen LogP contribution in [0.5, 0.6) is 11.5 Å². The minimum Gasteiger partial charge on any atom is -0.497 e. The highest BCUT2D eigenvalue weighted by atomic mass is 35.5. The molecule has 152 valence electrons. The molecule has 0 atom stereocenters. The van der Waals surface area contributed by atoms with Crippen LogP contribution in [0.2, 0.25) is 5.02 Å². The quantitative estimate of drug-likeness (QED) is 0.609. The highest BCUT2D eigenvalue weighted by Gasteiger charge is 2.28. The van der Waals surface area contributed by atoms with Crippen LogP contribution in [0.1, 0.15) is 6.42 Å². The summed E-state index contributed by atoms with van der Waals surface area (Å²) in [7, 11) is -1.82. The Morgan fingerprint density at radius 1 is 0.929 bits per heavy atom. The van der Waals surface area contributed by atoms with Gasteiger partial charge in [-0.15, -0.1) is 0 Å². The SMILES string of the molecule is COc1ccc(OCCCN2CCN(S(=O)(=O)c3ccc(Cl)cc3)CC2)cc1. The molecule has 0 aromatic heterocycles. The molecule has 6 nitrogen and oxygen atoms in total. The van der Waals surface area contributed by atoms with Crippen molar-refractivity contribution in [3.05, 3.63) is 53.6 Å². The molecule has 0 amide bonds. The molecule has 0 unspecified atom stereocenters. The third-order valence-corrected chi connectivity index (χ3v) is 6.89. The van der Waals surface area contributed by atoms with E-state index in [9.17, 15) is 8.42 Å². The Morgan fingerprint density at radius 3 is 2.14 bits per heavy atom. The number of methoxy groups -OCH3 is 1. The van der Waals surface area contributed by atoms with Gasteiger partial charge in [0.25, 0.3) is 0 Å². The number of benzene rings is 2. The molecule has 1 saturated heterocycles. The molecule has 0 bridgehead atoms.